The van der Waals surface area contributed by atoms with E-state index in [0.717, 1.165) is 12.8 Å². The largest absolute Gasteiger partial charge is 0.463 e. The topological polar surface area (TPSA) is 54.0 Å². The van der Waals surface area contributed by atoms with Gasteiger partial charge in [-0.25, -0.2) is 4.79 Å². The van der Waals surface area contributed by atoms with Crippen LogP contribution in [0, 0.1) is 0 Å². The number of benzene rings is 2. The molecular formula is C31H42O5Si. The molecule has 1 fully saturated rings. The highest BCUT2D eigenvalue weighted by Crippen LogP contribution is 2.37. The van der Waals surface area contributed by atoms with Crippen LogP contribution in [0.4, 0.5) is 0 Å². The smallest absolute Gasteiger partial charge is 0.330 e. The molecule has 1 heterocycles. The van der Waals surface area contributed by atoms with Gasteiger partial charge in [0, 0.05) is 19.1 Å². The molecule has 0 radical (unpaired) electrons. The van der Waals surface area contributed by atoms with Crippen LogP contribution in [-0.2, 0) is 23.4 Å². The first-order valence-corrected chi connectivity index (χ1v) is 15.1. The highest BCUT2D eigenvalue weighted by molar-refractivity contribution is 6.99. The van der Waals surface area contributed by atoms with Crippen LogP contribution in [0.2, 0.25) is 5.04 Å². The predicted octanol–water partition coefficient (Wildman–Crippen LogP) is 5.54. The van der Waals surface area contributed by atoms with E-state index in [0.29, 0.717) is 13.2 Å². The summed E-state index contributed by atoms with van der Waals surface area (Å²) >= 11 is 0. The van der Waals surface area contributed by atoms with E-state index in [1.54, 1.807) is 13.0 Å². The molecule has 5 nitrogen and oxygen atoms in total. The lowest BCUT2D eigenvalue weighted by Gasteiger charge is -2.44. The van der Waals surface area contributed by atoms with Crippen molar-refractivity contribution >= 4 is 24.7 Å². The van der Waals surface area contributed by atoms with Crippen LogP contribution in [0.15, 0.2) is 85.0 Å². The van der Waals surface area contributed by atoms with Crippen LogP contribution in [0.25, 0.3) is 0 Å². The number of ether oxygens (including phenoxy) is 3. The second-order valence-corrected chi connectivity index (χ2v) is 15.1. The minimum atomic E-state index is -2.58. The van der Waals surface area contributed by atoms with E-state index >= 15 is 0 Å². The van der Waals surface area contributed by atoms with Crippen molar-refractivity contribution in [2.45, 2.75) is 77.4 Å². The van der Waals surface area contributed by atoms with Crippen LogP contribution < -0.4 is 10.4 Å². The molecule has 3 rings (SSSR count). The van der Waals surface area contributed by atoms with Gasteiger partial charge < -0.3 is 18.6 Å². The van der Waals surface area contributed by atoms with E-state index in [9.17, 15) is 4.79 Å². The fraction of sp³-hybridized carbons (Fsp3) is 0.452. The first-order valence-electron chi connectivity index (χ1n) is 13.2. The number of carbonyl (C=O) groups is 1. The lowest BCUT2D eigenvalue weighted by Crippen LogP contribution is -2.66. The fourth-order valence-corrected chi connectivity index (χ4v) is 9.64. The summed E-state index contributed by atoms with van der Waals surface area (Å²) in [6, 6.07) is 21.4. The van der Waals surface area contributed by atoms with Crippen LogP contribution in [0.1, 0.15) is 54.4 Å². The number of hydrogen-bond acceptors (Lipinski definition) is 5. The van der Waals surface area contributed by atoms with Gasteiger partial charge in [0.05, 0.1) is 18.8 Å². The molecule has 1 saturated heterocycles. The zero-order chi connectivity index (χ0) is 26.9. The number of rotatable bonds is 10. The molecule has 0 spiro atoms. The molecule has 0 saturated carbocycles. The van der Waals surface area contributed by atoms with E-state index in [4.69, 9.17) is 18.6 Å². The van der Waals surface area contributed by atoms with Crippen molar-refractivity contribution < 1.29 is 23.4 Å². The first kappa shape index (κ1) is 29.0. The van der Waals surface area contributed by atoms with Crippen molar-refractivity contribution in [3.8, 4) is 0 Å². The maximum Gasteiger partial charge on any atom is 0.330 e. The Morgan fingerprint density at radius 2 is 1.59 bits per heavy atom. The molecule has 0 unspecified atom stereocenters. The van der Waals surface area contributed by atoms with Crippen molar-refractivity contribution in [1.82, 2.24) is 0 Å². The van der Waals surface area contributed by atoms with E-state index in [2.05, 4.69) is 81.4 Å². The fourth-order valence-electron chi connectivity index (χ4n) is 5.06. The number of esters is 1. The molecule has 0 bridgehead atoms. The lowest BCUT2D eigenvalue weighted by atomic mass is 10.1. The maximum absolute atomic E-state index is 11.5. The molecule has 37 heavy (non-hydrogen) atoms. The minimum Gasteiger partial charge on any atom is -0.463 e. The van der Waals surface area contributed by atoms with Gasteiger partial charge in [0.2, 0.25) is 0 Å². The highest BCUT2D eigenvalue weighted by Gasteiger charge is 2.50. The molecule has 6 heteroatoms. The summed E-state index contributed by atoms with van der Waals surface area (Å²) in [5.41, 5.74) is 0. The summed E-state index contributed by atoms with van der Waals surface area (Å²) in [6.07, 6.45) is 8.26. The van der Waals surface area contributed by atoms with Gasteiger partial charge in [-0.3, -0.25) is 0 Å². The highest BCUT2D eigenvalue weighted by atomic mass is 28.4. The monoisotopic (exact) mass is 522 g/mol. The van der Waals surface area contributed by atoms with Crippen LogP contribution in [0.5, 0.6) is 0 Å². The van der Waals surface area contributed by atoms with E-state index in [1.165, 1.54) is 16.4 Å². The molecule has 0 amide bonds. The average molecular weight is 523 g/mol. The summed E-state index contributed by atoms with van der Waals surface area (Å²) < 4.78 is 24.4. The van der Waals surface area contributed by atoms with E-state index in [1.807, 2.05) is 26.0 Å². The lowest BCUT2D eigenvalue weighted by molar-refractivity contribution is -0.291. The van der Waals surface area contributed by atoms with Gasteiger partial charge in [-0.05, 0) is 42.6 Å². The van der Waals surface area contributed by atoms with Gasteiger partial charge >= 0.3 is 5.97 Å². The van der Waals surface area contributed by atoms with Crippen LogP contribution in [0.3, 0.4) is 0 Å². The quantitative estimate of drug-likeness (QED) is 0.178. The van der Waals surface area contributed by atoms with E-state index < -0.39 is 14.1 Å². The molecule has 0 aliphatic carbocycles. The summed E-state index contributed by atoms with van der Waals surface area (Å²) in [7, 11) is -2.58. The zero-order valence-corrected chi connectivity index (χ0v) is 24.1. The molecular weight excluding hydrogens is 480 g/mol. The van der Waals surface area contributed by atoms with Crippen molar-refractivity contribution in [3.63, 3.8) is 0 Å². The van der Waals surface area contributed by atoms with Gasteiger partial charge in [0.1, 0.15) is 0 Å². The Bertz CT molecular complexity index is 1000. The normalized spacial score (nSPS) is 20.4. The minimum absolute atomic E-state index is 0.00866. The molecule has 2 aromatic carbocycles. The van der Waals surface area contributed by atoms with E-state index in [-0.39, 0.29) is 23.2 Å². The standard InChI is InChI=1S/C31H42O5Si/c1-7-33-29(32)21-15-14-16-25-24-26(36-31(5,6)35-25)22-23-34-37(30(2,3)4,27-17-10-8-11-18-27)28-19-12-9-13-20-28/h8-21,25-26H,7,22-24H2,1-6H3/b16-14+,21-15+/t25-,26-/m0/s1. The third-order valence-electron chi connectivity index (χ3n) is 6.51. The molecule has 0 N–H and O–H groups in total. The molecule has 2 atom stereocenters. The van der Waals surface area contributed by atoms with Crippen molar-refractivity contribution in [2.75, 3.05) is 13.2 Å². The Morgan fingerprint density at radius 1 is 1.00 bits per heavy atom. The van der Waals surface area contributed by atoms with Gasteiger partial charge in [0.15, 0.2) is 5.79 Å². The summed E-state index contributed by atoms with van der Waals surface area (Å²) in [4.78, 5) is 11.5. The third kappa shape index (κ3) is 7.74. The first-order chi connectivity index (χ1) is 17.6. The number of allylic oxidation sites excluding steroid dienone is 2. The molecule has 0 aromatic heterocycles. The molecule has 1 aliphatic rings. The van der Waals surface area contributed by atoms with Gasteiger partial charge in [0.25, 0.3) is 8.32 Å². The average Bonchev–Trinajstić information content (AvgIpc) is 2.84. The molecule has 1 aliphatic heterocycles. The predicted molar refractivity (Wildman–Crippen MR) is 152 cm³/mol. The van der Waals surface area contributed by atoms with Gasteiger partial charge in [-0.15, -0.1) is 0 Å². The Labute approximate surface area is 223 Å². The second-order valence-electron chi connectivity index (χ2n) is 10.8. The number of hydrogen-bond donors (Lipinski definition) is 0. The Kier molecular flexibility index (Phi) is 10.1. The summed E-state index contributed by atoms with van der Waals surface area (Å²) in [6.45, 7) is 13.5. The maximum atomic E-state index is 11.5. The van der Waals surface area contributed by atoms with Crippen LogP contribution >= 0.6 is 0 Å². The van der Waals surface area contributed by atoms with Crippen LogP contribution in [-0.4, -0.2) is 45.5 Å². The summed E-state index contributed by atoms with van der Waals surface area (Å²) in [5, 5.41) is 2.48. The SMILES string of the molecule is CCOC(=O)/C=C/C=C/[C@H]1C[C@H](CCO[Si](c2ccccc2)(c2ccccc2)C(C)(C)C)OC(C)(C)O1. The molecule has 2 aromatic rings. The number of carbonyl (C=O) groups excluding carboxylic acids is 1. The Hall–Kier alpha value is -2.51. The van der Waals surface area contributed by atoms with Gasteiger partial charge in [-0.1, -0.05) is 99.7 Å². The van der Waals surface area contributed by atoms with Crippen molar-refractivity contribution in [2.24, 2.45) is 0 Å². The third-order valence-corrected chi connectivity index (χ3v) is 11.6. The Balaban J connectivity index is 1.75. The van der Waals surface area contributed by atoms with Crippen molar-refractivity contribution in [3.05, 3.63) is 85.0 Å². The van der Waals surface area contributed by atoms with Crippen molar-refractivity contribution in [1.29, 1.82) is 0 Å². The summed E-state index contributed by atoms with van der Waals surface area (Å²) in [5.74, 6) is -1.06. The zero-order valence-electron chi connectivity index (χ0n) is 23.1. The van der Waals surface area contributed by atoms with Gasteiger partial charge in [-0.2, -0.15) is 0 Å². The Morgan fingerprint density at radius 3 is 2.14 bits per heavy atom. The molecule has 200 valence electrons. The second kappa shape index (κ2) is 12.8.